The van der Waals surface area contributed by atoms with Gasteiger partial charge in [0, 0.05) is 13.6 Å². The predicted octanol–water partition coefficient (Wildman–Crippen LogP) is 3.76. The molecule has 1 atom stereocenters. The number of fused-ring (bicyclic) bond motifs is 1. The van der Waals surface area contributed by atoms with Crippen LogP contribution in [0.1, 0.15) is 47.1 Å². The second kappa shape index (κ2) is 8.07. The van der Waals surface area contributed by atoms with Gasteiger partial charge in [0.1, 0.15) is 5.60 Å². The van der Waals surface area contributed by atoms with Crippen LogP contribution in [0.2, 0.25) is 0 Å². The summed E-state index contributed by atoms with van der Waals surface area (Å²) in [5, 5.41) is 0. The number of carbonyl (C=O) groups excluding carboxylic acids is 3. The summed E-state index contributed by atoms with van der Waals surface area (Å²) in [6.07, 6.45) is -0.0495. The van der Waals surface area contributed by atoms with Crippen molar-refractivity contribution in [2.75, 3.05) is 13.6 Å². The van der Waals surface area contributed by atoms with Gasteiger partial charge in [0.25, 0.3) is 11.8 Å². The van der Waals surface area contributed by atoms with Crippen LogP contribution >= 0.6 is 0 Å². The van der Waals surface area contributed by atoms with Crippen molar-refractivity contribution in [3.05, 3.63) is 71.3 Å². The molecule has 1 unspecified atom stereocenters. The number of rotatable bonds is 5. The molecule has 2 aromatic carbocycles. The minimum absolute atomic E-state index is 0.176. The summed E-state index contributed by atoms with van der Waals surface area (Å²) >= 11 is 0. The lowest BCUT2D eigenvalue weighted by Crippen LogP contribution is -2.49. The maximum Gasteiger partial charge on any atom is 0.410 e. The molecule has 29 heavy (non-hydrogen) atoms. The van der Waals surface area contributed by atoms with Crippen LogP contribution in [0.25, 0.3) is 0 Å². The highest BCUT2D eigenvalue weighted by atomic mass is 16.6. The summed E-state index contributed by atoms with van der Waals surface area (Å²) in [7, 11) is 1.62. The second-order valence-corrected chi connectivity index (χ2v) is 8.23. The topological polar surface area (TPSA) is 66.9 Å². The first-order valence-corrected chi connectivity index (χ1v) is 9.62. The van der Waals surface area contributed by atoms with Gasteiger partial charge < -0.3 is 9.64 Å². The van der Waals surface area contributed by atoms with E-state index in [1.54, 1.807) is 52.1 Å². The highest BCUT2D eigenvalue weighted by Crippen LogP contribution is 2.26. The van der Waals surface area contributed by atoms with E-state index in [1.165, 1.54) is 9.80 Å². The molecule has 0 bridgehead atoms. The van der Waals surface area contributed by atoms with Gasteiger partial charge in [-0.05, 0) is 44.9 Å². The molecule has 0 N–H and O–H groups in total. The van der Waals surface area contributed by atoms with Gasteiger partial charge in [-0.15, -0.1) is 0 Å². The molecule has 0 spiro atoms. The summed E-state index contributed by atoms with van der Waals surface area (Å²) in [5.41, 5.74) is 1.15. The molecule has 3 rings (SSSR count). The van der Waals surface area contributed by atoms with Gasteiger partial charge in [0.05, 0.1) is 17.2 Å². The minimum Gasteiger partial charge on any atom is -0.444 e. The van der Waals surface area contributed by atoms with Crippen molar-refractivity contribution in [1.29, 1.82) is 0 Å². The summed E-state index contributed by atoms with van der Waals surface area (Å²) < 4.78 is 5.43. The van der Waals surface area contributed by atoms with Crippen LogP contribution in [-0.2, 0) is 11.2 Å². The number of ether oxygens (including phenoxy) is 1. The third-order valence-electron chi connectivity index (χ3n) is 4.69. The van der Waals surface area contributed by atoms with Crippen molar-refractivity contribution in [1.82, 2.24) is 9.80 Å². The first kappa shape index (κ1) is 20.6. The first-order valence-electron chi connectivity index (χ1n) is 9.62. The van der Waals surface area contributed by atoms with E-state index in [9.17, 15) is 14.4 Å². The second-order valence-electron chi connectivity index (χ2n) is 8.23. The number of carbonyl (C=O) groups is 3. The Kier molecular flexibility index (Phi) is 5.73. The standard InChI is InChI=1S/C23H26N2O4/c1-23(2,3)29-22(28)24(4)15-17(14-16-10-6-5-7-11-16)25-20(26)18-12-8-9-13-19(18)21(25)27/h5-13,17H,14-15H2,1-4H3. The number of nitrogens with zero attached hydrogens (tertiary/aromatic N) is 2. The van der Waals surface area contributed by atoms with Gasteiger partial charge in [-0.3, -0.25) is 14.5 Å². The average molecular weight is 394 g/mol. The number of hydrogen-bond donors (Lipinski definition) is 0. The van der Waals surface area contributed by atoms with Crippen molar-refractivity contribution in [3.8, 4) is 0 Å². The molecular formula is C23H26N2O4. The van der Waals surface area contributed by atoms with E-state index in [4.69, 9.17) is 4.74 Å². The van der Waals surface area contributed by atoms with Gasteiger partial charge in [0.15, 0.2) is 0 Å². The van der Waals surface area contributed by atoms with E-state index in [2.05, 4.69) is 0 Å². The molecule has 0 fully saturated rings. The Morgan fingerprint density at radius 3 is 2.00 bits per heavy atom. The van der Waals surface area contributed by atoms with Crippen LogP contribution in [0, 0.1) is 0 Å². The molecule has 6 nitrogen and oxygen atoms in total. The molecule has 152 valence electrons. The molecule has 0 saturated heterocycles. The number of amides is 3. The molecule has 1 aliphatic rings. The van der Waals surface area contributed by atoms with Gasteiger partial charge >= 0.3 is 6.09 Å². The Morgan fingerprint density at radius 2 is 1.48 bits per heavy atom. The normalized spacial score (nSPS) is 14.6. The molecule has 1 aliphatic heterocycles. The van der Waals surface area contributed by atoms with Crippen LogP contribution < -0.4 is 0 Å². The molecular weight excluding hydrogens is 368 g/mol. The Morgan fingerprint density at radius 1 is 0.966 bits per heavy atom. The summed E-state index contributed by atoms with van der Waals surface area (Å²) in [4.78, 5) is 41.1. The van der Waals surface area contributed by atoms with E-state index < -0.39 is 17.7 Å². The van der Waals surface area contributed by atoms with Gasteiger partial charge in [-0.1, -0.05) is 42.5 Å². The third-order valence-corrected chi connectivity index (χ3v) is 4.69. The number of hydrogen-bond acceptors (Lipinski definition) is 4. The smallest absolute Gasteiger partial charge is 0.410 e. The fourth-order valence-corrected chi connectivity index (χ4v) is 3.39. The molecule has 0 radical (unpaired) electrons. The van der Waals surface area contributed by atoms with Crippen molar-refractivity contribution in [2.45, 2.75) is 38.8 Å². The molecule has 2 aromatic rings. The zero-order valence-electron chi connectivity index (χ0n) is 17.2. The SMILES string of the molecule is CN(CC(Cc1ccccc1)N1C(=O)c2ccccc2C1=O)C(=O)OC(C)(C)C. The summed E-state index contributed by atoms with van der Waals surface area (Å²) in [6.45, 7) is 5.56. The molecule has 3 amide bonds. The lowest BCUT2D eigenvalue weighted by atomic mass is 10.0. The van der Waals surface area contributed by atoms with Crippen LogP contribution in [0.3, 0.4) is 0 Å². The van der Waals surface area contributed by atoms with Crippen molar-refractivity contribution >= 4 is 17.9 Å². The minimum atomic E-state index is -0.629. The Bertz CT molecular complexity index is 883. The number of benzene rings is 2. The first-order chi connectivity index (χ1) is 13.7. The highest BCUT2D eigenvalue weighted by molar-refractivity contribution is 6.21. The van der Waals surface area contributed by atoms with Gasteiger partial charge in [-0.25, -0.2) is 4.79 Å². The number of likely N-dealkylation sites (N-methyl/N-ethyl adjacent to an activating group) is 1. The van der Waals surface area contributed by atoms with E-state index in [1.807, 2.05) is 30.3 Å². The summed E-state index contributed by atoms with van der Waals surface area (Å²) in [6, 6.07) is 15.9. The van der Waals surface area contributed by atoms with Crippen LogP contribution in [0.5, 0.6) is 0 Å². The van der Waals surface area contributed by atoms with E-state index >= 15 is 0 Å². The van der Waals surface area contributed by atoms with Gasteiger partial charge in [-0.2, -0.15) is 0 Å². The van der Waals surface area contributed by atoms with Crippen molar-refractivity contribution in [3.63, 3.8) is 0 Å². The molecule has 0 aliphatic carbocycles. The molecule has 6 heteroatoms. The number of imide groups is 1. The van der Waals surface area contributed by atoms with Gasteiger partial charge in [0.2, 0.25) is 0 Å². The Balaban J connectivity index is 1.87. The van der Waals surface area contributed by atoms with E-state index in [0.29, 0.717) is 17.5 Å². The fourth-order valence-electron chi connectivity index (χ4n) is 3.39. The van der Waals surface area contributed by atoms with E-state index in [-0.39, 0.29) is 18.4 Å². The van der Waals surface area contributed by atoms with E-state index in [0.717, 1.165) is 5.56 Å². The molecule has 0 aromatic heterocycles. The Labute approximate surface area is 171 Å². The maximum atomic E-state index is 13.0. The predicted molar refractivity (Wildman–Crippen MR) is 110 cm³/mol. The lowest BCUT2D eigenvalue weighted by molar-refractivity contribution is 0.0232. The zero-order valence-corrected chi connectivity index (χ0v) is 17.2. The monoisotopic (exact) mass is 394 g/mol. The quantitative estimate of drug-likeness (QED) is 0.724. The zero-order chi connectivity index (χ0) is 21.2. The molecule has 0 saturated carbocycles. The highest BCUT2D eigenvalue weighted by Gasteiger charge is 2.40. The van der Waals surface area contributed by atoms with Crippen molar-refractivity contribution in [2.24, 2.45) is 0 Å². The average Bonchev–Trinajstić information content (AvgIpc) is 2.92. The third kappa shape index (κ3) is 4.65. The Hall–Kier alpha value is -3.15. The van der Waals surface area contributed by atoms with Crippen LogP contribution in [-0.4, -0.2) is 52.9 Å². The van der Waals surface area contributed by atoms with Crippen LogP contribution in [0.4, 0.5) is 4.79 Å². The largest absolute Gasteiger partial charge is 0.444 e. The van der Waals surface area contributed by atoms with Crippen LogP contribution in [0.15, 0.2) is 54.6 Å². The lowest BCUT2D eigenvalue weighted by Gasteiger charge is -2.31. The fraction of sp³-hybridized carbons (Fsp3) is 0.348. The van der Waals surface area contributed by atoms with Crippen molar-refractivity contribution < 1.29 is 19.1 Å². The summed E-state index contributed by atoms with van der Waals surface area (Å²) in [5.74, 6) is -0.659. The molecule has 1 heterocycles. The maximum absolute atomic E-state index is 13.0.